The van der Waals surface area contributed by atoms with Crippen molar-refractivity contribution in [3.8, 4) is 0 Å². The van der Waals surface area contributed by atoms with Gasteiger partial charge < -0.3 is 26.4 Å². The van der Waals surface area contributed by atoms with Gasteiger partial charge in [-0.2, -0.15) is 0 Å². The second-order valence-electron chi connectivity index (χ2n) is 4.50. The van der Waals surface area contributed by atoms with Crippen LogP contribution in [-0.2, 0) is 14.4 Å². The van der Waals surface area contributed by atoms with Crippen LogP contribution in [-0.4, -0.2) is 51.9 Å². The molecule has 20 heavy (non-hydrogen) atoms. The maximum absolute atomic E-state index is 10.8. The van der Waals surface area contributed by atoms with Gasteiger partial charge >= 0.3 is 11.9 Å². The second-order valence-corrected chi connectivity index (χ2v) is 4.50. The molecule has 8 nitrogen and oxygen atoms in total. The van der Waals surface area contributed by atoms with Gasteiger partial charge in [-0.25, -0.2) is 4.79 Å². The molecule has 0 radical (unpaired) electrons. The van der Waals surface area contributed by atoms with Crippen LogP contribution in [0.2, 0.25) is 0 Å². The molecular weight excluding hydrogens is 268 g/mol. The van der Waals surface area contributed by atoms with Crippen LogP contribution in [0.5, 0.6) is 0 Å². The predicted molar refractivity (Wildman–Crippen MR) is 72.0 cm³/mol. The van der Waals surface area contributed by atoms with Crippen molar-refractivity contribution in [1.82, 2.24) is 5.32 Å². The van der Waals surface area contributed by atoms with Crippen molar-refractivity contribution < 1.29 is 29.7 Å². The molecule has 0 rings (SSSR count). The number of aliphatic hydroxyl groups is 1. The fourth-order valence-electron chi connectivity index (χ4n) is 0.964. The summed E-state index contributed by atoms with van der Waals surface area (Å²) in [5.41, 5.74) is 5.16. The van der Waals surface area contributed by atoms with E-state index in [0.717, 1.165) is 0 Å². The molecule has 0 fully saturated rings. The Morgan fingerprint density at radius 3 is 1.85 bits per heavy atom. The molecule has 0 aromatic heterocycles. The molecule has 0 aromatic rings. The molecule has 1 amide bonds. The number of rotatable bonds is 7. The van der Waals surface area contributed by atoms with Crippen LogP contribution >= 0.6 is 0 Å². The smallest absolute Gasteiger partial charge is 0.328 e. The fraction of sp³-hybridized carbons (Fsp3) is 0.750. The third-order valence-electron chi connectivity index (χ3n) is 2.30. The highest BCUT2D eigenvalue weighted by Gasteiger charge is 2.17. The summed E-state index contributed by atoms with van der Waals surface area (Å²) in [6.45, 7) is 4.79. The van der Waals surface area contributed by atoms with Crippen LogP contribution in [0.15, 0.2) is 0 Å². The van der Waals surface area contributed by atoms with Crippen LogP contribution in [0.4, 0.5) is 0 Å². The number of nitrogens with two attached hydrogens (primary N) is 1. The van der Waals surface area contributed by atoms with Gasteiger partial charge in [-0.05, 0) is 12.3 Å². The number of aliphatic carboxylic acids is 2. The summed E-state index contributed by atoms with van der Waals surface area (Å²) in [6, 6.07) is -1.89. The molecule has 0 aliphatic rings. The SMILES string of the molecule is CC(C)C(N)C(=O)O.CCCC(=O)NC(CO)C(=O)O. The van der Waals surface area contributed by atoms with Crippen LogP contribution in [0, 0.1) is 5.92 Å². The molecule has 0 heterocycles. The van der Waals surface area contributed by atoms with E-state index in [-0.39, 0.29) is 18.2 Å². The molecule has 8 heteroatoms. The zero-order chi connectivity index (χ0) is 16.3. The molecule has 0 saturated heterocycles. The molecule has 6 N–H and O–H groups in total. The maximum Gasteiger partial charge on any atom is 0.328 e. The summed E-state index contributed by atoms with van der Waals surface area (Å²) in [5, 5.41) is 27.3. The predicted octanol–water partition coefficient (Wildman–Crippen LogP) is -0.597. The highest BCUT2D eigenvalue weighted by Crippen LogP contribution is 1.96. The Morgan fingerprint density at radius 2 is 1.65 bits per heavy atom. The minimum atomic E-state index is -1.22. The van der Waals surface area contributed by atoms with E-state index in [1.54, 1.807) is 13.8 Å². The normalized spacial score (nSPS) is 12.9. The van der Waals surface area contributed by atoms with Gasteiger partial charge in [-0.1, -0.05) is 20.8 Å². The number of amides is 1. The number of carbonyl (C=O) groups is 3. The first-order valence-corrected chi connectivity index (χ1v) is 6.28. The van der Waals surface area contributed by atoms with Crippen molar-refractivity contribution in [3.05, 3.63) is 0 Å². The summed E-state index contributed by atoms with van der Waals surface area (Å²) >= 11 is 0. The molecule has 2 unspecified atom stereocenters. The lowest BCUT2D eigenvalue weighted by Crippen LogP contribution is -2.43. The average molecular weight is 292 g/mol. The topological polar surface area (TPSA) is 150 Å². The maximum atomic E-state index is 10.8. The molecule has 0 saturated carbocycles. The number of carboxylic acid groups (broad SMARTS) is 2. The van der Waals surface area contributed by atoms with Crippen molar-refractivity contribution in [2.45, 2.75) is 45.7 Å². The van der Waals surface area contributed by atoms with Crippen LogP contribution in [0.25, 0.3) is 0 Å². The van der Waals surface area contributed by atoms with Gasteiger partial charge in [0.2, 0.25) is 5.91 Å². The molecule has 2 atom stereocenters. The van der Waals surface area contributed by atoms with Crippen molar-refractivity contribution >= 4 is 17.8 Å². The van der Waals surface area contributed by atoms with Gasteiger partial charge in [-0.15, -0.1) is 0 Å². The lowest BCUT2D eigenvalue weighted by molar-refractivity contribution is -0.143. The molecule has 0 bridgehead atoms. The minimum absolute atomic E-state index is 0.0208. The molecule has 0 aliphatic heterocycles. The Labute approximate surface area is 118 Å². The van der Waals surface area contributed by atoms with E-state index < -0.39 is 30.6 Å². The first-order valence-electron chi connectivity index (χ1n) is 6.28. The Morgan fingerprint density at radius 1 is 1.15 bits per heavy atom. The first kappa shape index (κ1) is 20.6. The van der Waals surface area contributed by atoms with Gasteiger partial charge in [0.15, 0.2) is 0 Å². The van der Waals surface area contributed by atoms with Gasteiger partial charge in [0.1, 0.15) is 12.1 Å². The quantitative estimate of drug-likeness (QED) is 0.420. The zero-order valence-electron chi connectivity index (χ0n) is 12.0. The summed E-state index contributed by atoms with van der Waals surface area (Å²) in [5.74, 6) is -2.48. The second kappa shape index (κ2) is 11.2. The highest BCUT2D eigenvalue weighted by atomic mass is 16.4. The monoisotopic (exact) mass is 292 g/mol. The van der Waals surface area contributed by atoms with E-state index in [0.29, 0.717) is 6.42 Å². The number of carboxylic acids is 2. The number of carbonyl (C=O) groups excluding carboxylic acids is 1. The highest BCUT2D eigenvalue weighted by molar-refractivity contribution is 5.83. The zero-order valence-corrected chi connectivity index (χ0v) is 12.0. The Balaban J connectivity index is 0. The number of hydrogen-bond acceptors (Lipinski definition) is 5. The molecule has 0 aromatic carbocycles. The van der Waals surface area contributed by atoms with Crippen LogP contribution in [0.1, 0.15) is 33.6 Å². The summed E-state index contributed by atoms with van der Waals surface area (Å²) in [7, 11) is 0. The van der Waals surface area contributed by atoms with Crippen molar-refractivity contribution in [3.63, 3.8) is 0 Å². The summed E-state index contributed by atoms with van der Waals surface area (Å²) in [4.78, 5) is 31.1. The van der Waals surface area contributed by atoms with E-state index in [9.17, 15) is 14.4 Å². The van der Waals surface area contributed by atoms with E-state index in [1.807, 2.05) is 6.92 Å². The minimum Gasteiger partial charge on any atom is -0.480 e. The molecule has 0 spiro atoms. The third-order valence-corrected chi connectivity index (χ3v) is 2.30. The average Bonchev–Trinajstić information content (AvgIpc) is 2.35. The lowest BCUT2D eigenvalue weighted by Gasteiger charge is -2.10. The van der Waals surface area contributed by atoms with Gasteiger partial charge in [0, 0.05) is 6.42 Å². The standard InChI is InChI=1S/C7H13NO4.C5H11NO2/c1-2-3-6(10)8-5(4-9)7(11)12;1-3(2)4(6)5(7)8/h5,9H,2-4H2,1H3,(H,8,10)(H,11,12);3-4H,6H2,1-2H3,(H,7,8). The number of aliphatic hydroxyl groups excluding tert-OH is 1. The number of hydrogen-bond donors (Lipinski definition) is 5. The molecule has 118 valence electrons. The van der Waals surface area contributed by atoms with Gasteiger partial charge in [0.25, 0.3) is 0 Å². The van der Waals surface area contributed by atoms with Gasteiger partial charge in [0.05, 0.1) is 6.61 Å². The molecule has 0 aliphatic carbocycles. The van der Waals surface area contributed by atoms with Crippen molar-refractivity contribution in [1.29, 1.82) is 0 Å². The Kier molecular flexibility index (Phi) is 11.5. The lowest BCUT2D eigenvalue weighted by atomic mass is 10.1. The fourth-order valence-corrected chi connectivity index (χ4v) is 0.964. The first-order chi connectivity index (χ1) is 9.17. The van der Waals surface area contributed by atoms with Crippen LogP contribution < -0.4 is 11.1 Å². The Hall–Kier alpha value is -1.67. The third kappa shape index (κ3) is 10.3. The molecular formula is C12H24N2O6. The van der Waals surface area contributed by atoms with E-state index >= 15 is 0 Å². The van der Waals surface area contributed by atoms with Crippen molar-refractivity contribution in [2.24, 2.45) is 11.7 Å². The van der Waals surface area contributed by atoms with Crippen LogP contribution in [0.3, 0.4) is 0 Å². The largest absolute Gasteiger partial charge is 0.480 e. The van der Waals surface area contributed by atoms with Crippen molar-refractivity contribution in [2.75, 3.05) is 6.61 Å². The Bertz CT molecular complexity index is 319. The number of nitrogens with one attached hydrogen (secondary N) is 1. The van der Waals surface area contributed by atoms with Gasteiger partial charge in [-0.3, -0.25) is 9.59 Å². The summed E-state index contributed by atoms with van der Waals surface area (Å²) in [6.07, 6.45) is 0.938. The summed E-state index contributed by atoms with van der Waals surface area (Å²) < 4.78 is 0. The van der Waals surface area contributed by atoms with E-state index in [4.69, 9.17) is 21.1 Å². The van der Waals surface area contributed by atoms with E-state index in [2.05, 4.69) is 5.32 Å². The van der Waals surface area contributed by atoms with E-state index in [1.165, 1.54) is 0 Å².